The van der Waals surface area contributed by atoms with Gasteiger partial charge in [0.05, 0.1) is 10.6 Å². The van der Waals surface area contributed by atoms with Crippen LogP contribution in [0.3, 0.4) is 0 Å². The molecule has 0 unspecified atom stereocenters. The Labute approximate surface area is 124 Å². The number of amides is 1. The molecule has 4 heteroatoms. The second-order valence-corrected chi connectivity index (χ2v) is 6.72. The third kappa shape index (κ3) is 3.67. The highest BCUT2D eigenvalue weighted by molar-refractivity contribution is 7.98. The molecule has 0 N–H and O–H groups in total. The van der Waals surface area contributed by atoms with Gasteiger partial charge >= 0.3 is 0 Å². The van der Waals surface area contributed by atoms with Crippen LogP contribution in [0.25, 0.3) is 0 Å². The summed E-state index contributed by atoms with van der Waals surface area (Å²) in [7, 11) is 0. The lowest BCUT2D eigenvalue weighted by Crippen LogP contribution is -2.36. The topological polar surface area (TPSA) is 20.3 Å². The highest BCUT2D eigenvalue weighted by atomic mass is 35.5. The Morgan fingerprint density at radius 2 is 2.16 bits per heavy atom. The van der Waals surface area contributed by atoms with E-state index in [-0.39, 0.29) is 5.91 Å². The van der Waals surface area contributed by atoms with E-state index in [4.69, 9.17) is 11.6 Å². The van der Waals surface area contributed by atoms with Crippen LogP contribution in [0.5, 0.6) is 0 Å². The maximum absolute atomic E-state index is 12.7. The van der Waals surface area contributed by atoms with Crippen molar-refractivity contribution in [3.8, 4) is 0 Å². The van der Waals surface area contributed by atoms with Gasteiger partial charge in [0.1, 0.15) is 0 Å². The molecule has 1 aliphatic rings. The monoisotopic (exact) mass is 297 g/mol. The maximum atomic E-state index is 12.7. The van der Waals surface area contributed by atoms with Crippen molar-refractivity contribution in [1.29, 1.82) is 0 Å². The Kier molecular flexibility index (Phi) is 4.80. The van der Waals surface area contributed by atoms with Gasteiger partial charge in [0.2, 0.25) is 0 Å². The molecule has 1 amide bonds. The third-order valence-corrected chi connectivity index (χ3v) is 4.27. The van der Waals surface area contributed by atoms with Crippen molar-refractivity contribution >= 4 is 29.3 Å². The van der Waals surface area contributed by atoms with E-state index < -0.39 is 0 Å². The molecule has 104 valence electrons. The summed E-state index contributed by atoms with van der Waals surface area (Å²) in [6, 6.07) is 6.10. The van der Waals surface area contributed by atoms with Crippen LogP contribution in [-0.2, 0) is 0 Å². The molecule has 1 aromatic rings. The Morgan fingerprint density at radius 1 is 1.47 bits per heavy atom. The largest absolute Gasteiger partial charge is 0.335 e. The smallest absolute Gasteiger partial charge is 0.255 e. The second kappa shape index (κ2) is 6.19. The van der Waals surface area contributed by atoms with Gasteiger partial charge in [-0.25, -0.2) is 0 Å². The van der Waals surface area contributed by atoms with E-state index in [9.17, 15) is 4.79 Å². The molecule has 0 bridgehead atoms. The number of hydrogen-bond acceptors (Lipinski definition) is 2. The molecule has 0 saturated heterocycles. The molecule has 0 atom stereocenters. The molecule has 1 saturated carbocycles. The van der Waals surface area contributed by atoms with E-state index in [1.807, 2.05) is 29.4 Å². The zero-order valence-electron chi connectivity index (χ0n) is 11.6. The standard InChI is InChI=1S/C15H20ClNOS/c1-10(2)9-17(11-4-5-11)15(18)13-8-12(19-3)6-7-14(13)16/h6-8,10-11H,4-5,9H2,1-3H3. The molecule has 1 aliphatic carbocycles. The summed E-state index contributed by atoms with van der Waals surface area (Å²) in [5, 5.41) is 0.553. The zero-order valence-corrected chi connectivity index (χ0v) is 13.2. The number of carbonyl (C=O) groups is 1. The molecule has 2 rings (SSSR count). The fourth-order valence-electron chi connectivity index (χ4n) is 2.13. The molecule has 0 heterocycles. The Balaban J connectivity index is 2.25. The first-order valence-corrected chi connectivity index (χ1v) is 8.27. The van der Waals surface area contributed by atoms with E-state index in [0.717, 1.165) is 24.3 Å². The number of nitrogens with zero attached hydrogens (tertiary/aromatic N) is 1. The Bertz CT molecular complexity index is 471. The molecule has 1 aromatic carbocycles. The van der Waals surface area contributed by atoms with Gasteiger partial charge in [0.25, 0.3) is 5.91 Å². The van der Waals surface area contributed by atoms with Crippen molar-refractivity contribution in [2.24, 2.45) is 5.92 Å². The van der Waals surface area contributed by atoms with Crippen molar-refractivity contribution in [2.75, 3.05) is 12.8 Å². The van der Waals surface area contributed by atoms with Crippen LogP contribution in [0.1, 0.15) is 37.0 Å². The molecule has 0 spiro atoms. The molecule has 19 heavy (non-hydrogen) atoms. The molecule has 0 aromatic heterocycles. The number of halogens is 1. The number of carbonyl (C=O) groups excluding carboxylic acids is 1. The highest BCUT2D eigenvalue weighted by Gasteiger charge is 2.34. The molecular weight excluding hydrogens is 278 g/mol. The van der Waals surface area contributed by atoms with Crippen LogP contribution >= 0.6 is 23.4 Å². The normalized spacial score (nSPS) is 14.8. The quantitative estimate of drug-likeness (QED) is 0.754. The average molecular weight is 298 g/mol. The second-order valence-electron chi connectivity index (χ2n) is 5.43. The summed E-state index contributed by atoms with van der Waals surface area (Å²) in [4.78, 5) is 15.8. The van der Waals surface area contributed by atoms with Crippen LogP contribution in [0.4, 0.5) is 0 Å². The average Bonchev–Trinajstić information content (AvgIpc) is 3.20. The van der Waals surface area contributed by atoms with Gasteiger partial charge in [-0.2, -0.15) is 0 Å². The van der Waals surface area contributed by atoms with Crippen LogP contribution in [0.15, 0.2) is 23.1 Å². The van der Waals surface area contributed by atoms with Gasteiger partial charge in [-0.3, -0.25) is 4.79 Å². The first-order valence-electron chi connectivity index (χ1n) is 6.67. The van der Waals surface area contributed by atoms with Gasteiger partial charge in [0, 0.05) is 17.5 Å². The Hall–Kier alpha value is -0.670. The number of rotatable bonds is 5. The van der Waals surface area contributed by atoms with Gasteiger partial charge in [-0.15, -0.1) is 11.8 Å². The lowest BCUT2D eigenvalue weighted by molar-refractivity contribution is 0.0722. The van der Waals surface area contributed by atoms with Crippen molar-refractivity contribution in [3.63, 3.8) is 0 Å². The summed E-state index contributed by atoms with van der Waals surface area (Å²) < 4.78 is 0. The number of hydrogen-bond donors (Lipinski definition) is 0. The molecule has 2 nitrogen and oxygen atoms in total. The third-order valence-electron chi connectivity index (χ3n) is 3.21. The van der Waals surface area contributed by atoms with E-state index >= 15 is 0 Å². The Morgan fingerprint density at radius 3 is 2.68 bits per heavy atom. The first kappa shape index (κ1) is 14.7. The van der Waals surface area contributed by atoms with Gasteiger partial charge < -0.3 is 4.90 Å². The summed E-state index contributed by atoms with van der Waals surface area (Å²) in [6.45, 7) is 5.09. The molecular formula is C15H20ClNOS. The van der Waals surface area contributed by atoms with E-state index in [2.05, 4.69) is 13.8 Å². The van der Waals surface area contributed by atoms with Crippen molar-refractivity contribution < 1.29 is 4.79 Å². The summed E-state index contributed by atoms with van der Waals surface area (Å²) in [5.74, 6) is 0.559. The van der Waals surface area contributed by atoms with Crippen molar-refractivity contribution in [3.05, 3.63) is 28.8 Å². The van der Waals surface area contributed by atoms with Gasteiger partial charge in [0.15, 0.2) is 0 Å². The van der Waals surface area contributed by atoms with Crippen LogP contribution in [0, 0.1) is 5.92 Å². The molecule has 1 fully saturated rings. The minimum absolute atomic E-state index is 0.0806. The zero-order chi connectivity index (χ0) is 14.0. The van der Waals surface area contributed by atoms with Crippen LogP contribution in [0.2, 0.25) is 5.02 Å². The van der Waals surface area contributed by atoms with E-state index in [0.29, 0.717) is 22.5 Å². The minimum atomic E-state index is 0.0806. The number of benzene rings is 1. The van der Waals surface area contributed by atoms with E-state index in [1.54, 1.807) is 11.8 Å². The van der Waals surface area contributed by atoms with Crippen molar-refractivity contribution in [2.45, 2.75) is 37.6 Å². The predicted octanol–water partition coefficient (Wildman–Crippen LogP) is 4.32. The minimum Gasteiger partial charge on any atom is -0.335 e. The predicted molar refractivity (Wildman–Crippen MR) is 82.1 cm³/mol. The highest BCUT2D eigenvalue weighted by Crippen LogP contribution is 2.31. The fourth-order valence-corrected chi connectivity index (χ4v) is 2.77. The van der Waals surface area contributed by atoms with Crippen LogP contribution < -0.4 is 0 Å². The van der Waals surface area contributed by atoms with Gasteiger partial charge in [-0.05, 0) is 43.2 Å². The molecule has 0 radical (unpaired) electrons. The van der Waals surface area contributed by atoms with E-state index in [1.165, 1.54) is 0 Å². The maximum Gasteiger partial charge on any atom is 0.255 e. The lowest BCUT2D eigenvalue weighted by Gasteiger charge is -2.25. The fraction of sp³-hybridized carbons (Fsp3) is 0.533. The SMILES string of the molecule is CSc1ccc(Cl)c(C(=O)N(CC(C)C)C2CC2)c1. The molecule has 0 aliphatic heterocycles. The lowest BCUT2D eigenvalue weighted by atomic mass is 10.1. The summed E-state index contributed by atoms with van der Waals surface area (Å²) in [6.07, 6.45) is 4.25. The summed E-state index contributed by atoms with van der Waals surface area (Å²) in [5.41, 5.74) is 0.640. The van der Waals surface area contributed by atoms with Crippen molar-refractivity contribution in [1.82, 2.24) is 4.90 Å². The number of thioether (sulfide) groups is 1. The van der Waals surface area contributed by atoms with Gasteiger partial charge in [-0.1, -0.05) is 25.4 Å². The summed E-state index contributed by atoms with van der Waals surface area (Å²) >= 11 is 7.83. The van der Waals surface area contributed by atoms with Crippen LogP contribution in [-0.4, -0.2) is 29.6 Å². The first-order chi connectivity index (χ1) is 9.02.